The number of hydrogen-bond acceptors (Lipinski definition) is 5. The minimum atomic E-state index is -0.368. The number of methoxy groups -OCH3 is 2. The Bertz CT molecular complexity index is 970. The third-order valence-electron chi connectivity index (χ3n) is 4.01. The van der Waals surface area contributed by atoms with Gasteiger partial charge in [0.1, 0.15) is 22.9 Å². The summed E-state index contributed by atoms with van der Waals surface area (Å²) in [6.45, 7) is 2.53. The SMILES string of the molecule is CCOc1ccc(-c2cc(C(=O)Nc3cc(OC)c(Cl)cc3OC)[nH]n2)cc1. The number of aromatic nitrogens is 2. The molecule has 1 amide bonds. The lowest BCUT2D eigenvalue weighted by molar-refractivity contribution is 0.102. The van der Waals surface area contributed by atoms with E-state index in [1.54, 1.807) is 18.2 Å². The summed E-state index contributed by atoms with van der Waals surface area (Å²) in [5, 5.41) is 10.1. The number of H-pyrrole nitrogens is 1. The third-order valence-corrected chi connectivity index (χ3v) is 4.30. The van der Waals surface area contributed by atoms with E-state index in [1.165, 1.54) is 14.2 Å². The number of nitrogens with zero attached hydrogens (tertiary/aromatic N) is 1. The Morgan fingerprint density at radius 2 is 1.82 bits per heavy atom. The van der Waals surface area contributed by atoms with Crippen molar-refractivity contribution in [3.05, 3.63) is 53.2 Å². The Morgan fingerprint density at radius 3 is 2.46 bits per heavy atom. The topological polar surface area (TPSA) is 85.5 Å². The van der Waals surface area contributed by atoms with Crippen LogP contribution in [0.25, 0.3) is 11.3 Å². The van der Waals surface area contributed by atoms with E-state index in [0.717, 1.165) is 11.3 Å². The van der Waals surface area contributed by atoms with Crippen LogP contribution >= 0.6 is 11.6 Å². The van der Waals surface area contributed by atoms with Crippen LogP contribution in [0.3, 0.4) is 0 Å². The summed E-state index contributed by atoms with van der Waals surface area (Å²) in [5.41, 5.74) is 2.25. The van der Waals surface area contributed by atoms with Crippen molar-refractivity contribution in [3.63, 3.8) is 0 Å². The molecule has 0 bridgehead atoms. The fourth-order valence-electron chi connectivity index (χ4n) is 2.62. The van der Waals surface area contributed by atoms with Gasteiger partial charge in [0.15, 0.2) is 0 Å². The number of hydrogen-bond donors (Lipinski definition) is 2. The third kappa shape index (κ3) is 4.20. The second-order valence-corrected chi connectivity index (χ2v) is 6.17. The molecule has 0 unspecified atom stereocenters. The molecule has 146 valence electrons. The van der Waals surface area contributed by atoms with Gasteiger partial charge in [-0.2, -0.15) is 5.10 Å². The van der Waals surface area contributed by atoms with Crippen LogP contribution in [0.1, 0.15) is 17.4 Å². The molecule has 0 saturated heterocycles. The van der Waals surface area contributed by atoms with Crippen molar-refractivity contribution in [2.45, 2.75) is 6.92 Å². The number of carbonyl (C=O) groups is 1. The summed E-state index contributed by atoms with van der Waals surface area (Å²) in [6.07, 6.45) is 0. The zero-order chi connectivity index (χ0) is 20.1. The number of anilines is 1. The number of benzene rings is 2. The van der Waals surface area contributed by atoms with E-state index in [-0.39, 0.29) is 5.91 Å². The Labute approximate surface area is 167 Å². The van der Waals surface area contributed by atoms with Gasteiger partial charge in [0.2, 0.25) is 0 Å². The molecule has 2 aromatic carbocycles. The number of amides is 1. The average molecular weight is 402 g/mol. The van der Waals surface area contributed by atoms with Crippen LogP contribution in [-0.2, 0) is 0 Å². The first-order valence-corrected chi connectivity index (χ1v) is 8.95. The Kier molecular flexibility index (Phi) is 6.06. The first kappa shape index (κ1) is 19.6. The molecule has 1 aromatic heterocycles. The van der Waals surface area contributed by atoms with E-state index in [1.807, 2.05) is 31.2 Å². The van der Waals surface area contributed by atoms with Crippen molar-refractivity contribution in [2.24, 2.45) is 0 Å². The molecule has 0 aliphatic rings. The number of ether oxygens (including phenoxy) is 3. The molecule has 7 nitrogen and oxygen atoms in total. The number of nitrogens with one attached hydrogen (secondary N) is 2. The molecule has 1 heterocycles. The number of carbonyl (C=O) groups excluding carboxylic acids is 1. The van der Waals surface area contributed by atoms with Crippen LogP contribution in [0, 0.1) is 0 Å². The zero-order valence-electron chi connectivity index (χ0n) is 15.7. The van der Waals surface area contributed by atoms with Gasteiger partial charge in [0.05, 0.1) is 37.2 Å². The largest absolute Gasteiger partial charge is 0.495 e. The van der Waals surface area contributed by atoms with Crippen molar-refractivity contribution in [3.8, 4) is 28.5 Å². The summed E-state index contributed by atoms with van der Waals surface area (Å²) >= 11 is 6.09. The predicted octanol–water partition coefficient (Wildman–Crippen LogP) is 4.40. The van der Waals surface area contributed by atoms with E-state index in [4.69, 9.17) is 25.8 Å². The minimum Gasteiger partial charge on any atom is -0.495 e. The van der Waals surface area contributed by atoms with Gasteiger partial charge < -0.3 is 19.5 Å². The molecular weight excluding hydrogens is 382 g/mol. The molecule has 8 heteroatoms. The van der Waals surface area contributed by atoms with E-state index in [0.29, 0.717) is 40.2 Å². The van der Waals surface area contributed by atoms with Crippen LogP contribution in [0.2, 0.25) is 5.02 Å². The van der Waals surface area contributed by atoms with Gasteiger partial charge in [-0.05, 0) is 37.3 Å². The number of aromatic amines is 1. The Hall–Kier alpha value is -3.19. The summed E-state index contributed by atoms with van der Waals surface area (Å²) in [7, 11) is 2.99. The summed E-state index contributed by atoms with van der Waals surface area (Å²) in [6, 6.07) is 12.3. The van der Waals surface area contributed by atoms with E-state index >= 15 is 0 Å². The molecular formula is C20H20ClN3O4. The fraction of sp³-hybridized carbons (Fsp3) is 0.200. The van der Waals surface area contributed by atoms with Gasteiger partial charge in [-0.1, -0.05) is 11.6 Å². The van der Waals surface area contributed by atoms with E-state index in [2.05, 4.69) is 15.5 Å². The lowest BCUT2D eigenvalue weighted by Crippen LogP contribution is -2.13. The quantitative estimate of drug-likeness (QED) is 0.613. The molecule has 0 spiro atoms. The maximum atomic E-state index is 12.6. The lowest BCUT2D eigenvalue weighted by Gasteiger charge is -2.12. The highest BCUT2D eigenvalue weighted by atomic mass is 35.5. The summed E-state index contributed by atoms with van der Waals surface area (Å²) in [5.74, 6) is 1.26. The van der Waals surface area contributed by atoms with Crippen molar-refractivity contribution in [1.29, 1.82) is 0 Å². The van der Waals surface area contributed by atoms with Crippen LogP contribution < -0.4 is 19.5 Å². The van der Waals surface area contributed by atoms with Crippen molar-refractivity contribution in [2.75, 3.05) is 26.1 Å². The monoisotopic (exact) mass is 401 g/mol. The first-order chi connectivity index (χ1) is 13.5. The van der Waals surface area contributed by atoms with E-state index in [9.17, 15) is 4.79 Å². The van der Waals surface area contributed by atoms with Crippen LogP contribution in [0.5, 0.6) is 17.2 Å². The minimum absolute atomic E-state index is 0.305. The number of rotatable bonds is 7. The maximum absolute atomic E-state index is 12.6. The van der Waals surface area contributed by atoms with Crippen molar-refractivity contribution >= 4 is 23.2 Å². The van der Waals surface area contributed by atoms with Gasteiger partial charge in [0.25, 0.3) is 5.91 Å². The predicted molar refractivity (Wildman–Crippen MR) is 108 cm³/mol. The molecule has 0 atom stereocenters. The summed E-state index contributed by atoms with van der Waals surface area (Å²) in [4.78, 5) is 12.6. The highest BCUT2D eigenvalue weighted by molar-refractivity contribution is 6.32. The second kappa shape index (κ2) is 8.67. The Balaban J connectivity index is 1.79. The van der Waals surface area contributed by atoms with Crippen LogP contribution in [0.4, 0.5) is 5.69 Å². The van der Waals surface area contributed by atoms with E-state index < -0.39 is 0 Å². The first-order valence-electron chi connectivity index (χ1n) is 8.57. The fourth-order valence-corrected chi connectivity index (χ4v) is 2.85. The van der Waals surface area contributed by atoms with Crippen molar-refractivity contribution < 1.29 is 19.0 Å². The normalized spacial score (nSPS) is 10.4. The van der Waals surface area contributed by atoms with Gasteiger partial charge >= 0.3 is 0 Å². The number of halogens is 1. The Morgan fingerprint density at radius 1 is 1.11 bits per heavy atom. The van der Waals surface area contributed by atoms with Gasteiger partial charge in [-0.3, -0.25) is 9.89 Å². The van der Waals surface area contributed by atoms with Crippen molar-refractivity contribution in [1.82, 2.24) is 10.2 Å². The molecule has 3 aromatic rings. The molecule has 0 fully saturated rings. The second-order valence-electron chi connectivity index (χ2n) is 5.77. The molecule has 2 N–H and O–H groups in total. The van der Waals surface area contributed by atoms with Gasteiger partial charge in [-0.25, -0.2) is 0 Å². The van der Waals surface area contributed by atoms with Gasteiger partial charge in [0, 0.05) is 17.7 Å². The molecule has 0 aliphatic heterocycles. The molecule has 0 radical (unpaired) electrons. The smallest absolute Gasteiger partial charge is 0.273 e. The molecule has 0 saturated carbocycles. The molecule has 0 aliphatic carbocycles. The summed E-state index contributed by atoms with van der Waals surface area (Å²) < 4.78 is 15.9. The standard InChI is InChI=1S/C20H20ClN3O4/c1-4-28-13-7-5-12(6-8-13)15-10-17(24-23-15)20(25)22-16-11-18(26-2)14(21)9-19(16)27-3/h5-11H,4H2,1-3H3,(H,22,25)(H,23,24). The highest BCUT2D eigenvalue weighted by Gasteiger charge is 2.16. The molecule has 3 rings (SSSR count). The van der Waals surface area contributed by atoms with Crippen LogP contribution in [0.15, 0.2) is 42.5 Å². The maximum Gasteiger partial charge on any atom is 0.273 e. The van der Waals surface area contributed by atoms with Crippen LogP contribution in [-0.4, -0.2) is 36.9 Å². The lowest BCUT2D eigenvalue weighted by atomic mass is 10.1. The highest BCUT2D eigenvalue weighted by Crippen LogP contribution is 2.36. The molecule has 28 heavy (non-hydrogen) atoms. The van der Waals surface area contributed by atoms with Gasteiger partial charge in [-0.15, -0.1) is 0 Å². The zero-order valence-corrected chi connectivity index (χ0v) is 16.5. The average Bonchev–Trinajstić information content (AvgIpc) is 3.20.